The van der Waals surface area contributed by atoms with Crippen molar-refractivity contribution in [1.29, 1.82) is 0 Å². The highest BCUT2D eigenvalue weighted by Gasteiger charge is 2.18. The quantitative estimate of drug-likeness (QED) is 0.232. The number of unbranched alkanes of at least 4 members (excludes halogenated alkanes) is 5. The Labute approximate surface area is 218 Å². The molecule has 1 saturated heterocycles. The molecule has 8 heteroatoms. The van der Waals surface area contributed by atoms with Gasteiger partial charge in [-0.1, -0.05) is 41.6 Å². The summed E-state index contributed by atoms with van der Waals surface area (Å²) in [4.78, 5) is 15.7. The Morgan fingerprint density at radius 1 is 0.758 bits per heavy atom. The van der Waals surface area contributed by atoms with Crippen LogP contribution >= 0.6 is 40.7 Å². The SMILES string of the molecule is Cl.Cl.O=C(O)c1ccc(N2CCN(c3ccc(OCCCCCCCCBr)cc3)CC2)cc1. The molecular formula is C25H35BrCl2N2O3. The van der Waals surface area contributed by atoms with Gasteiger partial charge in [0.25, 0.3) is 0 Å². The molecule has 0 saturated carbocycles. The van der Waals surface area contributed by atoms with E-state index in [1.54, 1.807) is 12.1 Å². The minimum atomic E-state index is -0.885. The van der Waals surface area contributed by atoms with Crippen molar-refractivity contribution < 1.29 is 14.6 Å². The van der Waals surface area contributed by atoms with Gasteiger partial charge in [0.15, 0.2) is 0 Å². The summed E-state index contributed by atoms with van der Waals surface area (Å²) in [5.74, 6) is 0.0601. The molecule has 3 rings (SSSR count). The van der Waals surface area contributed by atoms with Gasteiger partial charge in [0.05, 0.1) is 12.2 Å². The van der Waals surface area contributed by atoms with Crippen LogP contribution in [0.3, 0.4) is 0 Å². The standard InChI is InChI=1S/C25H33BrN2O3.2ClH/c26-15-5-3-1-2-4-6-20-31-24-13-11-23(12-14-24)28-18-16-27(17-19-28)22-9-7-21(8-10-22)25(29)30;;/h7-14H,1-6,15-20H2,(H,29,30);2*1H. The van der Waals surface area contributed by atoms with Gasteiger partial charge in [-0.05, 0) is 61.4 Å². The fraction of sp³-hybridized carbons (Fsp3) is 0.480. The highest BCUT2D eigenvalue weighted by atomic mass is 79.9. The first-order valence-corrected chi connectivity index (χ1v) is 12.4. The van der Waals surface area contributed by atoms with E-state index in [2.05, 4.69) is 50.0 Å². The molecule has 1 fully saturated rings. The van der Waals surface area contributed by atoms with Crippen LogP contribution < -0.4 is 14.5 Å². The van der Waals surface area contributed by atoms with Crippen LogP contribution in [0.25, 0.3) is 0 Å². The van der Waals surface area contributed by atoms with E-state index < -0.39 is 5.97 Å². The number of aromatic carboxylic acids is 1. The van der Waals surface area contributed by atoms with Gasteiger partial charge in [0.2, 0.25) is 0 Å². The monoisotopic (exact) mass is 560 g/mol. The molecule has 0 unspecified atom stereocenters. The second-order valence-corrected chi connectivity index (χ2v) is 8.77. The van der Waals surface area contributed by atoms with E-state index in [1.807, 2.05) is 12.1 Å². The summed E-state index contributed by atoms with van der Waals surface area (Å²) in [6.07, 6.45) is 7.57. The highest BCUT2D eigenvalue weighted by molar-refractivity contribution is 9.09. The first-order chi connectivity index (χ1) is 15.2. The molecule has 2 aromatic rings. The summed E-state index contributed by atoms with van der Waals surface area (Å²) in [6.45, 7) is 4.50. The molecule has 1 heterocycles. The van der Waals surface area contributed by atoms with E-state index in [9.17, 15) is 4.79 Å². The minimum Gasteiger partial charge on any atom is -0.494 e. The Kier molecular flexibility index (Phi) is 14.3. The number of carboxylic acids is 1. The molecule has 1 N–H and O–H groups in total. The van der Waals surface area contributed by atoms with Crippen molar-refractivity contribution in [2.45, 2.75) is 38.5 Å². The van der Waals surface area contributed by atoms with Gasteiger partial charge in [-0.25, -0.2) is 4.79 Å². The number of nitrogens with zero attached hydrogens (tertiary/aromatic N) is 2. The molecule has 0 amide bonds. The van der Waals surface area contributed by atoms with Gasteiger partial charge in [0, 0.05) is 42.9 Å². The van der Waals surface area contributed by atoms with Gasteiger partial charge < -0.3 is 19.6 Å². The predicted octanol–water partition coefficient (Wildman–Crippen LogP) is 6.67. The molecule has 5 nitrogen and oxygen atoms in total. The summed E-state index contributed by atoms with van der Waals surface area (Å²) in [7, 11) is 0. The van der Waals surface area contributed by atoms with Crippen molar-refractivity contribution in [3.05, 3.63) is 54.1 Å². The largest absolute Gasteiger partial charge is 0.494 e. The molecule has 2 aromatic carbocycles. The zero-order valence-electron chi connectivity index (χ0n) is 19.0. The molecule has 184 valence electrons. The van der Waals surface area contributed by atoms with Gasteiger partial charge in [-0.3, -0.25) is 0 Å². The van der Waals surface area contributed by atoms with Gasteiger partial charge >= 0.3 is 5.97 Å². The Morgan fingerprint density at radius 3 is 1.70 bits per heavy atom. The average molecular weight is 562 g/mol. The summed E-state index contributed by atoms with van der Waals surface area (Å²) < 4.78 is 5.90. The van der Waals surface area contributed by atoms with Crippen LogP contribution in [0.15, 0.2) is 48.5 Å². The summed E-state index contributed by atoms with van der Waals surface area (Å²) >= 11 is 3.48. The molecule has 0 bridgehead atoms. The molecule has 33 heavy (non-hydrogen) atoms. The zero-order chi connectivity index (χ0) is 21.9. The smallest absolute Gasteiger partial charge is 0.335 e. The van der Waals surface area contributed by atoms with Crippen LogP contribution in [0.4, 0.5) is 11.4 Å². The molecule has 0 aliphatic carbocycles. The lowest BCUT2D eigenvalue weighted by Crippen LogP contribution is -2.46. The maximum Gasteiger partial charge on any atom is 0.335 e. The molecular weight excluding hydrogens is 527 g/mol. The second-order valence-electron chi connectivity index (χ2n) is 7.98. The van der Waals surface area contributed by atoms with Crippen LogP contribution in [0.5, 0.6) is 5.75 Å². The number of carbonyl (C=O) groups is 1. The van der Waals surface area contributed by atoms with Crippen molar-refractivity contribution >= 4 is 58.1 Å². The molecule has 1 aliphatic heterocycles. The fourth-order valence-corrected chi connectivity index (χ4v) is 4.28. The number of hydrogen-bond donors (Lipinski definition) is 1. The Balaban J connectivity index is 0.00000272. The number of alkyl halides is 1. The van der Waals surface area contributed by atoms with Crippen LogP contribution in [0.2, 0.25) is 0 Å². The number of halogens is 3. The van der Waals surface area contributed by atoms with E-state index in [-0.39, 0.29) is 24.8 Å². The number of anilines is 2. The van der Waals surface area contributed by atoms with Crippen molar-refractivity contribution in [2.75, 3.05) is 47.9 Å². The molecule has 1 aliphatic rings. The number of carboxylic acid groups (broad SMARTS) is 1. The average Bonchev–Trinajstić information content (AvgIpc) is 2.81. The van der Waals surface area contributed by atoms with Gasteiger partial charge in [-0.2, -0.15) is 0 Å². The van der Waals surface area contributed by atoms with Crippen LogP contribution in [-0.4, -0.2) is 49.2 Å². The van der Waals surface area contributed by atoms with Crippen LogP contribution in [-0.2, 0) is 0 Å². The lowest BCUT2D eigenvalue weighted by molar-refractivity contribution is 0.0697. The maximum atomic E-state index is 11.0. The van der Waals surface area contributed by atoms with E-state index in [1.165, 1.54) is 37.8 Å². The first-order valence-electron chi connectivity index (χ1n) is 11.3. The number of piperazine rings is 1. The van der Waals surface area contributed by atoms with E-state index in [0.717, 1.165) is 56.0 Å². The third-order valence-electron chi connectivity index (χ3n) is 5.76. The molecule has 0 radical (unpaired) electrons. The van der Waals surface area contributed by atoms with E-state index in [4.69, 9.17) is 9.84 Å². The first kappa shape index (κ1) is 29.4. The van der Waals surface area contributed by atoms with Crippen molar-refractivity contribution in [1.82, 2.24) is 0 Å². The minimum absolute atomic E-state index is 0. The molecule has 0 atom stereocenters. The summed E-state index contributed by atoms with van der Waals surface area (Å²) in [6, 6.07) is 15.6. The lowest BCUT2D eigenvalue weighted by Gasteiger charge is -2.37. The maximum absolute atomic E-state index is 11.0. The Hall–Kier alpha value is -1.63. The normalized spacial score (nSPS) is 13.1. The van der Waals surface area contributed by atoms with Crippen LogP contribution in [0, 0.1) is 0 Å². The van der Waals surface area contributed by atoms with Gasteiger partial charge in [-0.15, -0.1) is 24.8 Å². The number of rotatable bonds is 12. The predicted molar refractivity (Wildman–Crippen MR) is 146 cm³/mol. The van der Waals surface area contributed by atoms with E-state index >= 15 is 0 Å². The van der Waals surface area contributed by atoms with Gasteiger partial charge in [0.1, 0.15) is 5.75 Å². The Morgan fingerprint density at radius 2 is 1.21 bits per heavy atom. The fourth-order valence-electron chi connectivity index (χ4n) is 3.88. The number of benzene rings is 2. The highest BCUT2D eigenvalue weighted by Crippen LogP contribution is 2.23. The summed E-state index contributed by atoms with van der Waals surface area (Å²) in [5.41, 5.74) is 2.63. The number of ether oxygens (including phenoxy) is 1. The Bertz CT molecular complexity index is 798. The van der Waals surface area contributed by atoms with Crippen molar-refractivity contribution in [3.63, 3.8) is 0 Å². The third-order valence-corrected chi connectivity index (χ3v) is 6.32. The molecule has 0 spiro atoms. The summed E-state index contributed by atoms with van der Waals surface area (Å²) in [5, 5.41) is 10.2. The third kappa shape index (κ3) is 9.63. The zero-order valence-corrected chi connectivity index (χ0v) is 22.2. The topological polar surface area (TPSA) is 53.0 Å². The lowest BCUT2D eigenvalue weighted by atomic mass is 10.1. The van der Waals surface area contributed by atoms with Crippen LogP contribution in [0.1, 0.15) is 48.9 Å². The van der Waals surface area contributed by atoms with E-state index in [0.29, 0.717) is 5.56 Å². The van der Waals surface area contributed by atoms with Crippen molar-refractivity contribution in [3.8, 4) is 5.75 Å². The number of hydrogen-bond acceptors (Lipinski definition) is 4. The van der Waals surface area contributed by atoms with Crippen molar-refractivity contribution in [2.24, 2.45) is 0 Å². The molecule has 0 aromatic heterocycles. The second kappa shape index (κ2) is 16.1.